The Balaban J connectivity index is 1.99. The first-order valence-electron chi connectivity index (χ1n) is 5.46. The van der Waals surface area contributed by atoms with E-state index in [-0.39, 0.29) is 12.2 Å². The number of allylic oxidation sites excluding steroid dienone is 1. The Morgan fingerprint density at radius 2 is 2.11 bits per heavy atom. The van der Waals surface area contributed by atoms with Crippen molar-refractivity contribution in [3.05, 3.63) is 42.5 Å². The Hall–Kier alpha value is -1.76. The van der Waals surface area contributed by atoms with Crippen LogP contribution in [0.15, 0.2) is 47.7 Å². The Morgan fingerprint density at radius 3 is 2.79 bits per heavy atom. The summed E-state index contributed by atoms with van der Waals surface area (Å²) in [5.41, 5.74) is 1.54. The van der Waals surface area contributed by atoms with E-state index >= 15 is 0 Å². The summed E-state index contributed by atoms with van der Waals surface area (Å²) in [6, 6.07) is 5.43. The molecule has 3 nitrogen and oxygen atoms in total. The van der Waals surface area contributed by atoms with Crippen LogP contribution < -0.4 is 0 Å². The molecule has 0 radical (unpaired) electrons. The summed E-state index contributed by atoms with van der Waals surface area (Å²) in [6.45, 7) is 0. The van der Waals surface area contributed by atoms with E-state index in [4.69, 9.17) is 0 Å². The first-order valence-corrected chi connectivity index (χ1v) is 6.44. The van der Waals surface area contributed by atoms with E-state index in [1.54, 1.807) is 18.5 Å². The van der Waals surface area contributed by atoms with Gasteiger partial charge in [-0.1, -0.05) is 11.8 Å². The topological polar surface area (TPSA) is 41.6 Å². The molecule has 19 heavy (non-hydrogen) atoms. The van der Waals surface area contributed by atoms with Crippen LogP contribution in [0.2, 0.25) is 0 Å². The van der Waals surface area contributed by atoms with Crippen molar-refractivity contribution in [2.75, 3.05) is 5.75 Å². The minimum atomic E-state index is -2.26. The molecule has 2 aromatic rings. The van der Waals surface area contributed by atoms with Gasteiger partial charge in [0.25, 0.3) is 0 Å². The van der Waals surface area contributed by atoms with E-state index < -0.39 is 11.9 Å². The SMILES string of the molecule is FC(F)=C(F)CCSc1nccc(-c2ccc[nH]2)n1. The van der Waals surface area contributed by atoms with Gasteiger partial charge >= 0.3 is 6.08 Å². The molecule has 7 heteroatoms. The summed E-state index contributed by atoms with van der Waals surface area (Å²) in [4.78, 5) is 11.3. The second-order valence-corrected chi connectivity index (χ2v) is 4.63. The number of aromatic amines is 1. The van der Waals surface area contributed by atoms with Gasteiger partial charge in [0, 0.05) is 24.6 Å². The third-order valence-corrected chi connectivity index (χ3v) is 3.13. The highest BCUT2D eigenvalue weighted by Crippen LogP contribution is 2.22. The number of nitrogens with one attached hydrogen (secondary N) is 1. The third kappa shape index (κ3) is 3.85. The van der Waals surface area contributed by atoms with Gasteiger partial charge in [-0.15, -0.1) is 0 Å². The van der Waals surface area contributed by atoms with E-state index in [1.165, 1.54) is 0 Å². The van der Waals surface area contributed by atoms with Crippen molar-refractivity contribution in [2.24, 2.45) is 0 Å². The monoisotopic (exact) mass is 285 g/mol. The molecule has 0 aliphatic carbocycles. The smallest absolute Gasteiger partial charge is 0.301 e. The molecule has 0 fully saturated rings. The number of thioether (sulfide) groups is 1. The van der Waals surface area contributed by atoms with Crippen molar-refractivity contribution in [2.45, 2.75) is 11.6 Å². The standard InChI is InChI=1S/C12H10F3N3S/c13-8(11(14)15)4-7-19-12-17-6-3-10(18-12)9-2-1-5-16-9/h1-3,5-6,16H,4,7H2. The fourth-order valence-electron chi connectivity index (χ4n) is 1.38. The molecule has 2 aromatic heterocycles. The molecule has 1 N–H and O–H groups in total. The van der Waals surface area contributed by atoms with Crippen LogP contribution in [0.5, 0.6) is 0 Å². The highest BCUT2D eigenvalue weighted by molar-refractivity contribution is 7.99. The van der Waals surface area contributed by atoms with Crippen molar-refractivity contribution < 1.29 is 13.2 Å². The zero-order valence-corrected chi connectivity index (χ0v) is 10.6. The number of nitrogens with zero attached hydrogens (tertiary/aromatic N) is 2. The van der Waals surface area contributed by atoms with E-state index in [1.807, 2.05) is 12.1 Å². The molecular formula is C12H10F3N3S. The van der Waals surface area contributed by atoms with Crippen LogP contribution in [0.1, 0.15) is 6.42 Å². The lowest BCUT2D eigenvalue weighted by Gasteiger charge is -2.01. The molecule has 0 bridgehead atoms. The van der Waals surface area contributed by atoms with Crippen molar-refractivity contribution in [1.29, 1.82) is 0 Å². The quantitative estimate of drug-likeness (QED) is 0.666. The third-order valence-electron chi connectivity index (χ3n) is 2.27. The molecule has 0 saturated carbocycles. The van der Waals surface area contributed by atoms with Gasteiger partial charge in [-0.2, -0.15) is 8.78 Å². The minimum Gasteiger partial charge on any atom is -0.360 e. The summed E-state index contributed by atoms with van der Waals surface area (Å²) in [5.74, 6) is -1.22. The van der Waals surface area contributed by atoms with Gasteiger partial charge in [-0.05, 0) is 18.2 Å². The van der Waals surface area contributed by atoms with Crippen molar-refractivity contribution >= 4 is 11.8 Å². The maximum atomic E-state index is 12.6. The van der Waals surface area contributed by atoms with Crippen molar-refractivity contribution in [3.63, 3.8) is 0 Å². The highest BCUT2D eigenvalue weighted by atomic mass is 32.2. The average molecular weight is 285 g/mol. The Kier molecular flexibility index (Phi) is 4.62. The van der Waals surface area contributed by atoms with Crippen LogP contribution in [0, 0.1) is 0 Å². The normalized spacial score (nSPS) is 10.5. The molecule has 0 aromatic carbocycles. The zero-order valence-electron chi connectivity index (χ0n) is 9.74. The lowest BCUT2D eigenvalue weighted by molar-refractivity contribution is 0.373. The van der Waals surface area contributed by atoms with E-state index in [2.05, 4.69) is 15.0 Å². The van der Waals surface area contributed by atoms with E-state index in [0.717, 1.165) is 17.5 Å². The highest BCUT2D eigenvalue weighted by Gasteiger charge is 2.07. The van der Waals surface area contributed by atoms with E-state index in [9.17, 15) is 13.2 Å². The molecule has 0 aliphatic heterocycles. The summed E-state index contributed by atoms with van der Waals surface area (Å²) < 4.78 is 36.3. The number of aromatic nitrogens is 3. The molecular weight excluding hydrogens is 275 g/mol. The molecule has 100 valence electrons. The summed E-state index contributed by atoms with van der Waals surface area (Å²) >= 11 is 1.13. The molecule has 0 saturated heterocycles. The Morgan fingerprint density at radius 1 is 1.26 bits per heavy atom. The lowest BCUT2D eigenvalue weighted by Crippen LogP contribution is -1.91. The fourth-order valence-corrected chi connectivity index (χ4v) is 2.14. The Labute approximate surface area is 112 Å². The van der Waals surface area contributed by atoms with Gasteiger partial charge in [0.05, 0.1) is 11.4 Å². The molecule has 0 aliphatic rings. The van der Waals surface area contributed by atoms with E-state index in [0.29, 0.717) is 10.9 Å². The molecule has 0 atom stereocenters. The maximum Gasteiger partial charge on any atom is 0.301 e. The Bertz CT molecular complexity index is 565. The number of hydrogen-bond donors (Lipinski definition) is 1. The number of rotatable bonds is 5. The molecule has 0 spiro atoms. The number of hydrogen-bond acceptors (Lipinski definition) is 3. The second kappa shape index (κ2) is 6.42. The zero-order chi connectivity index (χ0) is 13.7. The minimum absolute atomic E-state index is 0.164. The van der Waals surface area contributed by atoms with Crippen LogP contribution in [0.25, 0.3) is 11.4 Å². The predicted molar refractivity (Wildman–Crippen MR) is 67.5 cm³/mol. The van der Waals surface area contributed by atoms with Gasteiger partial charge in [-0.25, -0.2) is 14.4 Å². The summed E-state index contributed by atoms with van der Waals surface area (Å²) in [6.07, 6.45) is 0.756. The first-order chi connectivity index (χ1) is 9.16. The van der Waals surface area contributed by atoms with Crippen LogP contribution in [-0.2, 0) is 0 Å². The molecule has 0 amide bonds. The number of halogens is 3. The van der Waals surface area contributed by atoms with Gasteiger partial charge in [0.1, 0.15) is 0 Å². The maximum absolute atomic E-state index is 12.6. The fraction of sp³-hybridized carbons (Fsp3) is 0.167. The van der Waals surface area contributed by atoms with Crippen molar-refractivity contribution in [1.82, 2.24) is 15.0 Å². The molecule has 2 heterocycles. The van der Waals surface area contributed by atoms with Crippen LogP contribution in [0.4, 0.5) is 13.2 Å². The molecule has 0 unspecified atom stereocenters. The summed E-state index contributed by atoms with van der Waals surface area (Å²) in [7, 11) is 0. The average Bonchev–Trinajstić information content (AvgIpc) is 2.93. The first kappa shape index (κ1) is 13.7. The number of H-pyrrole nitrogens is 1. The lowest BCUT2D eigenvalue weighted by atomic mass is 10.3. The van der Waals surface area contributed by atoms with Crippen LogP contribution in [-0.4, -0.2) is 20.7 Å². The van der Waals surface area contributed by atoms with Crippen LogP contribution >= 0.6 is 11.8 Å². The molecule has 2 rings (SSSR count). The van der Waals surface area contributed by atoms with Gasteiger partial charge in [0.15, 0.2) is 11.0 Å². The van der Waals surface area contributed by atoms with Gasteiger partial charge in [0.2, 0.25) is 0 Å². The second-order valence-electron chi connectivity index (χ2n) is 3.57. The largest absolute Gasteiger partial charge is 0.360 e. The van der Waals surface area contributed by atoms with Crippen molar-refractivity contribution in [3.8, 4) is 11.4 Å². The van der Waals surface area contributed by atoms with Crippen LogP contribution in [0.3, 0.4) is 0 Å². The van der Waals surface area contributed by atoms with Gasteiger partial charge in [-0.3, -0.25) is 0 Å². The summed E-state index contributed by atoms with van der Waals surface area (Å²) in [5, 5.41) is 0.430. The van der Waals surface area contributed by atoms with Gasteiger partial charge < -0.3 is 4.98 Å². The predicted octanol–water partition coefficient (Wildman–Crippen LogP) is 4.03.